The van der Waals surface area contributed by atoms with Crippen LogP contribution in [0.2, 0.25) is 0 Å². The van der Waals surface area contributed by atoms with Crippen molar-refractivity contribution in [1.82, 2.24) is 5.32 Å². The summed E-state index contributed by atoms with van der Waals surface area (Å²) in [7, 11) is 0. The summed E-state index contributed by atoms with van der Waals surface area (Å²) in [5.41, 5.74) is 1.80. The van der Waals surface area contributed by atoms with E-state index in [2.05, 4.69) is 25.7 Å². The van der Waals surface area contributed by atoms with Crippen LogP contribution in [0.15, 0.2) is 30.4 Å². The fourth-order valence-electron chi connectivity index (χ4n) is 1.48. The number of rotatable bonds is 7. The van der Waals surface area contributed by atoms with Crippen molar-refractivity contribution in [3.05, 3.63) is 41.7 Å². The molecular weight excluding hydrogens is 229 g/mol. The summed E-state index contributed by atoms with van der Waals surface area (Å²) >= 11 is 0. The van der Waals surface area contributed by atoms with Crippen LogP contribution >= 0.6 is 0 Å². The van der Waals surface area contributed by atoms with E-state index in [4.69, 9.17) is 4.74 Å². The van der Waals surface area contributed by atoms with E-state index >= 15 is 0 Å². The summed E-state index contributed by atoms with van der Waals surface area (Å²) in [6.45, 7) is 11.8. The van der Waals surface area contributed by atoms with E-state index in [9.17, 15) is 4.39 Å². The number of ether oxygens (including phenoxy) is 1. The van der Waals surface area contributed by atoms with Gasteiger partial charge in [-0.2, -0.15) is 0 Å². The number of benzene rings is 1. The zero-order valence-corrected chi connectivity index (χ0v) is 11.4. The van der Waals surface area contributed by atoms with Gasteiger partial charge in [0.2, 0.25) is 0 Å². The van der Waals surface area contributed by atoms with E-state index in [0.29, 0.717) is 19.1 Å². The summed E-state index contributed by atoms with van der Waals surface area (Å²) in [5, 5.41) is 3.28. The minimum Gasteiger partial charge on any atom is -0.486 e. The van der Waals surface area contributed by atoms with E-state index in [0.717, 1.165) is 17.7 Å². The van der Waals surface area contributed by atoms with Gasteiger partial charge in [0.05, 0.1) is 0 Å². The van der Waals surface area contributed by atoms with Gasteiger partial charge in [-0.25, -0.2) is 4.39 Å². The third-order valence-electron chi connectivity index (χ3n) is 2.35. The van der Waals surface area contributed by atoms with Gasteiger partial charge in [-0.3, -0.25) is 0 Å². The van der Waals surface area contributed by atoms with Crippen LogP contribution in [0, 0.1) is 11.7 Å². The molecule has 0 aromatic heterocycles. The van der Waals surface area contributed by atoms with Gasteiger partial charge in [-0.15, -0.1) is 0 Å². The summed E-state index contributed by atoms with van der Waals surface area (Å²) in [5.74, 6) is 0.554. The Morgan fingerprint density at radius 1 is 1.44 bits per heavy atom. The van der Waals surface area contributed by atoms with Crippen molar-refractivity contribution < 1.29 is 9.13 Å². The van der Waals surface area contributed by atoms with Gasteiger partial charge in [0, 0.05) is 6.54 Å². The first-order chi connectivity index (χ1) is 8.49. The predicted molar refractivity (Wildman–Crippen MR) is 73.3 cm³/mol. The largest absolute Gasteiger partial charge is 0.486 e. The smallest absolute Gasteiger partial charge is 0.165 e. The van der Waals surface area contributed by atoms with Crippen molar-refractivity contribution in [1.29, 1.82) is 0 Å². The highest BCUT2D eigenvalue weighted by atomic mass is 19.1. The molecule has 0 aliphatic carbocycles. The fraction of sp³-hybridized carbons (Fsp3) is 0.467. The standard InChI is InChI=1S/C15H22FNO/c1-11(2)8-17-9-13-5-6-15(14(16)7-13)18-10-12(3)4/h5-7,11,17H,3,8-10H2,1-2,4H3. The lowest BCUT2D eigenvalue weighted by Gasteiger charge is -2.10. The molecule has 0 radical (unpaired) electrons. The molecule has 18 heavy (non-hydrogen) atoms. The number of hydrogen-bond donors (Lipinski definition) is 1. The Hall–Kier alpha value is -1.35. The second-order valence-corrected chi connectivity index (χ2v) is 5.04. The predicted octanol–water partition coefficient (Wildman–Crippen LogP) is 3.53. The second kappa shape index (κ2) is 7.17. The second-order valence-electron chi connectivity index (χ2n) is 5.04. The third kappa shape index (κ3) is 5.32. The monoisotopic (exact) mass is 251 g/mol. The highest BCUT2D eigenvalue weighted by Crippen LogP contribution is 2.18. The molecule has 1 aromatic rings. The van der Waals surface area contributed by atoms with E-state index in [1.54, 1.807) is 6.07 Å². The van der Waals surface area contributed by atoms with Gasteiger partial charge in [0.15, 0.2) is 11.6 Å². The van der Waals surface area contributed by atoms with Gasteiger partial charge in [0.25, 0.3) is 0 Å². The quantitative estimate of drug-likeness (QED) is 0.749. The van der Waals surface area contributed by atoms with Crippen LogP contribution in [0.4, 0.5) is 4.39 Å². The van der Waals surface area contributed by atoms with Crippen molar-refractivity contribution in [2.75, 3.05) is 13.2 Å². The molecule has 0 saturated heterocycles. The maximum absolute atomic E-state index is 13.7. The molecule has 0 atom stereocenters. The normalized spacial score (nSPS) is 10.7. The van der Waals surface area contributed by atoms with Gasteiger partial charge in [-0.1, -0.05) is 26.5 Å². The third-order valence-corrected chi connectivity index (χ3v) is 2.35. The average molecular weight is 251 g/mol. The van der Waals surface area contributed by atoms with Gasteiger partial charge in [0.1, 0.15) is 6.61 Å². The van der Waals surface area contributed by atoms with E-state index in [1.807, 2.05) is 13.0 Å². The molecule has 1 rings (SSSR count). The molecule has 0 saturated carbocycles. The molecule has 2 nitrogen and oxygen atoms in total. The molecule has 0 heterocycles. The Morgan fingerprint density at radius 3 is 2.72 bits per heavy atom. The molecule has 0 aliphatic rings. The molecule has 0 spiro atoms. The van der Waals surface area contributed by atoms with Crippen molar-refractivity contribution in [2.45, 2.75) is 27.3 Å². The van der Waals surface area contributed by atoms with Crippen molar-refractivity contribution >= 4 is 0 Å². The van der Waals surface area contributed by atoms with Crippen LogP contribution < -0.4 is 10.1 Å². The van der Waals surface area contributed by atoms with Crippen LogP contribution in [-0.2, 0) is 6.54 Å². The first-order valence-corrected chi connectivity index (χ1v) is 6.25. The zero-order valence-electron chi connectivity index (χ0n) is 11.4. The molecule has 0 amide bonds. The van der Waals surface area contributed by atoms with Crippen molar-refractivity contribution in [2.24, 2.45) is 5.92 Å². The summed E-state index contributed by atoms with van der Waals surface area (Å²) < 4.78 is 19.0. The molecule has 1 N–H and O–H groups in total. The van der Waals surface area contributed by atoms with Gasteiger partial charge in [-0.05, 0) is 42.7 Å². The highest BCUT2D eigenvalue weighted by Gasteiger charge is 2.05. The average Bonchev–Trinajstić information content (AvgIpc) is 2.27. The first-order valence-electron chi connectivity index (χ1n) is 6.25. The lowest BCUT2D eigenvalue weighted by molar-refractivity contribution is 0.332. The van der Waals surface area contributed by atoms with E-state index < -0.39 is 0 Å². The number of halogens is 1. The number of nitrogens with one attached hydrogen (secondary N) is 1. The maximum atomic E-state index is 13.7. The molecule has 3 heteroatoms. The van der Waals surface area contributed by atoms with Crippen molar-refractivity contribution in [3.8, 4) is 5.75 Å². The van der Waals surface area contributed by atoms with E-state index in [-0.39, 0.29) is 11.6 Å². The molecule has 0 bridgehead atoms. The molecule has 0 fully saturated rings. The fourth-order valence-corrected chi connectivity index (χ4v) is 1.48. The SMILES string of the molecule is C=C(C)COc1ccc(CNCC(C)C)cc1F. The molecule has 0 aliphatic heterocycles. The Bertz CT molecular complexity index is 401. The van der Waals surface area contributed by atoms with E-state index in [1.165, 1.54) is 6.07 Å². The highest BCUT2D eigenvalue weighted by molar-refractivity contribution is 5.29. The van der Waals surface area contributed by atoms with Gasteiger partial charge >= 0.3 is 0 Å². The molecule has 1 aromatic carbocycles. The van der Waals surface area contributed by atoms with Crippen LogP contribution in [0.3, 0.4) is 0 Å². The molecule has 0 unspecified atom stereocenters. The lowest BCUT2D eigenvalue weighted by Crippen LogP contribution is -2.19. The topological polar surface area (TPSA) is 21.3 Å². The Kier molecular flexibility index (Phi) is 5.86. The minimum atomic E-state index is -0.319. The summed E-state index contributed by atoms with van der Waals surface area (Å²) in [6, 6.07) is 5.07. The zero-order chi connectivity index (χ0) is 13.5. The summed E-state index contributed by atoms with van der Waals surface area (Å²) in [6.07, 6.45) is 0. The molecule has 100 valence electrons. The Morgan fingerprint density at radius 2 is 2.17 bits per heavy atom. The van der Waals surface area contributed by atoms with Crippen LogP contribution in [0.25, 0.3) is 0 Å². The lowest BCUT2D eigenvalue weighted by atomic mass is 10.2. The van der Waals surface area contributed by atoms with Crippen molar-refractivity contribution in [3.63, 3.8) is 0 Å². The van der Waals surface area contributed by atoms with Gasteiger partial charge < -0.3 is 10.1 Å². The van der Waals surface area contributed by atoms with Crippen LogP contribution in [0.5, 0.6) is 5.75 Å². The minimum absolute atomic E-state index is 0.283. The summed E-state index contributed by atoms with van der Waals surface area (Å²) in [4.78, 5) is 0. The first kappa shape index (κ1) is 14.7. The van der Waals surface area contributed by atoms with Crippen LogP contribution in [0.1, 0.15) is 26.3 Å². The van der Waals surface area contributed by atoms with Crippen LogP contribution in [-0.4, -0.2) is 13.2 Å². The Balaban J connectivity index is 2.53. The molecular formula is C15H22FNO. The Labute approximate surface area is 109 Å². The maximum Gasteiger partial charge on any atom is 0.165 e. The number of hydrogen-bond acceptors (Lipinski definition) is 2.